The predicted octanol–water partition coefficient (Wildman–Crippen LogP) is 0.940. The van der Waals surface area contributed by atoms with Crippen molar-refractivity contribution in [3.8, 4) is 0 Å². The van der Waals surface area contributed by atoms with Crippen molar-refractivity contribution in [1.82, 2.24) is 14.9 Å². The zero-order valence-corrected chi connectivity index (χ0v) is 12.9. The van der Waals surface area contributed by atoms with Crippen LogP contribution >= 0.6 is 22.6 Å². The van der Waals surface area contributed by atoms with Crippen molar-refractivity contribution in [1.29, 1.82) is 0 Å². The van der Waals surface area contributed by atoms with Gasteiger partial charge >= 0.3 is 0 Å². The van der Waals surface area contributed by atoms with Gasteiger partial charge in [0, 0.05) is 54.7 Å². The van der Waals surface area contributed by atoms with Crippen LogP contribution < -0.4 is 10.6 Å². The molecule has 1 fully saturated rings. The molecule has 1 aromatic heterocycles. The molecule has 1 atom stereocenters. The number of nitrogens with two attached hydrogens (primary N) is 1. The van der Waals surface area contributed by atoms with Crippen molar-refractivity contribution in [2.24, 2.45) is 5.73 Å². The van der Waals surface area contributed by atoms with E-state index in [1.807, 2.05) is 12.4 Å². The molecule has 2 N–H and O–H groups in total. The molecule has 0 amide bonds. The molecule has 0 bridgehead atoms. The van der Waals surface area contributed by atoms with Crippen molar-refractivity contribution in [2.75, 3.05) is 37.6 Å². The fourth-order valence-electron chi connectivity index (χ4n) is 2.33. The van der Waals surface area contributed by atoms with Gasteiger partial charge in [0.05, 0.1) is 0 Å². The fraction of sp³-hybridized carbons (Fsp3) is 0.667. The van der Waals surface area contributed by atoms with Crippen molar-refractivity contribution in [3.63, 3.8) is 0 Å². The zero-order chi connectivity index (χ0) is 13.0. The van der Waals surface area contributed by atoms with Gasteiger partial charge in [-0.25, -0.2) is 9.97 Å². The van der Waals surface area contributed by atoms with Gasteiger partial charge < -0.3 is 10.6 Å². The second-order valence-electron chi connectivity index (χ2n) is 4.52. The SMILES string of the molecule is CCC(CN)N1CCN(c2ncc(I)cn2)CC1. The highest BCUT2D eigenvalue weighted by atomic mass is 127. The number of anilines is 1. The minimum atomic E-state index is 0.518. The van der Waals surface area contributed by atoms with Gasteiger partial charge in [0.2, 0.25) is 5.95 Å². The Bertz CT molecular complexity index is 357. The maximum Gasteiger partial charge on any atom is 0.225 e. The maximum absolute atomic E-state index is 5.80. The lowest BCUT2D eigenvalue weighted by Crippen LogP contribution is -2.52. The first kappa shape index (κ1) is 14.0. The summed E-state index contributed by atoms with van der Waals surface area (Å²) in [6.07, 6.45) is 4.85. The molecule has 1 saturated heterocycles. The molecular formula is C12H20IN5. The summed E-state index contributed by atoms with van der Waals surface area (Å²) in [6, 6.07) is 0.518. The third-order valence-corrected chi connectivity index (χ3v) is 4.02. The highest BCUT2D eigenvalue weighted by molar-refractivity contribution is 14.1. The predicted molar refractivity (Wildman–Crippen MR) is 81.7 cm³/mol. The standard InChI is InChI=1S/C12H20IN5/c1-2-11(7-14)17-3-5-18(6-4-17)12-15-8-10(13)9-16-12/h8-9,11H,2-7,14H2,1H3. The fourth-order valence-corrected chi connectivity index (χ4v) is 2.61. The molecule has 1 aromatic rings. The number of nitrogens with zero attached hydrogens (tertiary/aromatic N) is 4. The molecule has 5 nitrogen and oxygen atoms in total. The lowest BCUT2D eigenvalue weighted by atomic mass is 10.1. The number of hydrogen-bond acceptors (Lipinski definition) is 5. The lowest BCUT2D eigenvalue weighted by molar-refractivity contribution is 0.184. The van der Waals surface area contributed by atoms with E-state index in [-0.39, 0.29) is 0 Å². The lowest BCUT2D eigenvalue weighted by Gasteiger charge is -2.38. The van der Waals surface area contributed by atoms with Crippen LogP contribution in [0.4, 0.5) is 5.95 Å². The molecule has 0 saturated carbocycles. The van der Waals surface area contributed by atoms with Crippen molar-refractivity contribution >= 4 is 28.5 Å². The Balaban J connectivity index is 1.92. The Morgan fingerprint density at radius 2 is 1.89 bits per heavy atom. The number of rotatable bonds is 4. The molecule has 0 radical (unpaired) electrons. The van der Waals surface area contributed by atoms with Crippen LogP contribution in [0.3, 0.4) is 0 Å². The second kappa shape index (κ2) is 6.63. The van der Waals surface area contributed by atoms with Crippen LogP contribution in [0.15, 0.2) is 12.4 Å². The van der Waals surface area contributed by atoms with Gasteiger partial charge in [-0.05, 0) is 29.0 Å². The van der Waals surface area contributed by atoms with Crippen LogP contribution in [-0.2, 0) is 0 Å². The smallest absolute Gasteiger partial charge is 0.225 e. The monoisotopic (exact) mass is 361 g/mol. The molecule has 0 spiro atoms. The van der Waals surface area contributed by atoms with E-state index < -0.39 is 0 Å². The number of halogens is 1. The van der Waals surface area contributed by atoms with Crippen LogP contribution in [0.25, 0.3) is 0 Å². The third kappa shape index (κ3) is 3.30. The van der Waals surface area contributed by atoms with Crippen LogP contribution in [-0.4, -0.2) is 53.6 Å². The topological polar surface area (TPSA) is 58.3 Å². The normalized spacial score (nSPS) is 18.9. The van der Waals surface area contributed by atoms with E-state index in [0.717, 1.165) is 48.7 Å². The minimum Gasteiger partial charge on any atom is -0.338 e. The molecule has 2 heterocycles. The molecule has 18 heavy (non-hydrogen) atoms. The van der Waals surface area contributed by atoms with Gasteiger partial charge in [-0.3, -0.25) is 4.90 Å². The highest BCUT2D eigenvalue weighted by Gasteiger charge is 2.22. The Labute approximate surface area is 122 Å². The quantitative estimate of drug-likeness (QED) is 0.809. The average Bonchev–Trinajstić information content (AvgIpc) is 2.42. The van der Waals surface area contributed by atoms with Crippen LogP contribution in [0.2, 0.25) is 0 Å². The third-order valence-electron chi connectivity index (χ3n) is 3.46. The van der Waals surface area contributed by atoms with Crippen molar-refractivity contribution in [2.45, 2.75) is 19.4 Å². The van der Waals surface area contributed by atoms with Gasteiger partial charge in [-0.1, -0.05) is 6.92 Å². The first-order valence-electron chi connectivity index (χ1n) is 6.41. The van der Waals surface area contributed by atoms with E-state index >= 15 is 0 Å². The second-order valence-corrected chi connectivity index (χ2v) is 5.77. The largest absolute Gasteiger partial charge is 0.338 e. The molecule has 1 aliphatic rings. The summed E-state index contributed by atoms with van der Waals surface area (Å²) in [5.74, 6) is 0.843. The summed E-state index contributed by atoms with van der Waals surface area (Å²) in [4.78, 5) is 13.5. The van der Waals surface area contributed by atoms with Crippen LogP contribution in [0.1, 0.15) is 13.3 Å². The molecule has 1 aliphatic heterocycles. The highest BCUT2D eigenvalue weighted by Crippen LogP contribution is 2.13. The van der Waals surface area contributed by atoms with Gasteiger partial charge in [-0.15, -0.1) is 0 Å². The summed E-state index contributed by atoms with van der Waals surface area (Å²) in [7, 11) is 0. The Morgan fingerprint density at radius 3 is 2.39 bits per heavy atom. The van der Waals surface area contributed by atoms with E-state index in [1.165, 1.54) is 0 Å². The number of aromatic nitrogens is 2. The number of hydrogen-bond donors (Lipinski definition) is 1. The molecule has 0 aromatic carbocycles. The van der Waals surface area contributed by atoms with E-state index in [9.17, 15) is 0 Å². The van der Waals surface area contributed by atoms with Crippen LogP contribution in [0.5, 0.6) is 0 Å². The zero-order valence-electron chi connectivity index (χ0n) is 10.7. The summed E-state index contributed by atoms with van der Waals surface area (Å²) in [6.45, 7) is 7.01. The van der Waals surface area contributed by atoms with Crippen LogP contribution in [0, 0.1) is 3.57 Å². The summed E-state index contributed by atoms with van der Waals surface area (Å²) < 4.78 is 1.07. The molecule has 2 rings (SSSR count). The van der Waals surface area contributed by atoms with Crippen molar-refractivity contribution < 1.29 is 0 Å². The van der Waals surface area contributed by atoms with Gasteiger partial charge in [0.25, 0.3) is 0 Å². The van der Waals surface area contributed by atoms with E-state index in [2.05, 4.69) is 49.3 Å². The minimum absolute atomic E-state index is 0.518. The van der Waals surface area contributed by atoms with Gasteiger partial charge in [0.15, 0.2) is 0 Å². The van der Waals surface area contributed by atoms with E-state index in [0.29, 0.717) is 6.04 Å². The first-order chi connectivity index (χ1) is 8.74. The Hall–Kier alpha value is -0.470. The molecule has 0 aliphatic carbocycles. The summed E-state index contributed by atoms with van der Waals surface area (Å²) >= 11 is 2.22. The Kier molecular flexibility index (Phi) is 5.13. The van der Waals surface area contributed by atoms with Gasteiger partial charge in [-0.2, -0.15) is 0 Å². The summed E-state index contributed by atoms with van der Waals surface area (Å²) in [5, 5.41) is 0. The summed E-state index contributed by atoms with van der Waals surface area (Å²) in [5.41, 5.74) is 5.80. The van der Waals surface area contributed by atoms with Gasteiger partial charge in [0.1, 0.15) is 0 Å². The van der Waals surface area contributed by atoms with E-state index in [1.54, 1.807) is 0 Å². The van der Waals surface area contributed by atoms with Crippen molar-refractivity contribution in [3.05, 3.63) is 16.0 Å². The molecule has 1 unspecified atom stereocenters. The first-order valence-corrected chi connectivity index (χ1v) is 7.49. The van der Waals surface area contributed by atoms with E-state index in [4.69, 9.17) is 5.73 Å². The molecule has 100 valence electrons. The number of piperazine rings is 1. The average molecular weight is 361 g/mol. The maximum atomic E-state index is 5.80. The Morgan fingerprint density at radius 1 is 1.28 bits per heavy atom. The molecule has 6 heteroatoms. The molecular weight excluding hydrogens is 341 g/mol.